The molecule has 0 unspecified atom stereocenters. The van der Waals surface area contributed by atoms with Gasteiger partial charge in [-0.3, -0.25) is 0 Å². The first-order chi connectivity index (χ1) is 10.2. The summed E-state index contributed by atoms with van der Waals surface area (Å²) in [5.74, 6) is 0.933. The molecule has 1 saturated heterocycles. The minimum Gasteiger partial charge on any atom is -0.382 e. The normalized spacial score (nSPS) is 28.8. The number of nitrogen functional groups attached to an aromatic ring is 1. The van der Waals surface area contributed by atoms with Crippen LogP contribution in [0.2, 0.25) is 0 Å². The van der Waals surface area contributed by atoms with Crippen LogP contribution in [0, 0.1) is 16.7 Å². The van der Waals surface area contributed by atoms with Crippen LogP contribution in [0.3, 0.4) is 0 Å². The Labute approximate surface area is 124 Å². The van der Waals surface area contributed by atoms with E-state index in [9.17, 15) is 5.26 Å². The second kappa shape index (κ2) is 5.49. The number of piperidine rings is 1. The van der Waals surface area contributed by atoms with Gasteiger partial charge < -0.3 is 15.4 Å². The van der Waals surface area contributed by atoms with E-state index in [1.807, 2.05) is 0 Å². The molecule has 2 N–H and O–H groups in total. The highest BCUT2D eigenvalue weighted by Crippen LogP contribution is 2.47. The van der Waals surface area contributed by atoms with Crippen LogP contribution in [0.5, 0.6) is 0 Å². The molecule has 2 atom stereocenters. The van der Waals surface area contributed by atoms with E-state index < -0.39 is 0 Å². The Hall–Kier alpha value is -1.87. The molecule has 1 spiro atoms. The van der Waals surface area contributed by atoms with Crippen molar-refractivity contribution in [2.45, 2.75) is 38.2 Å². The van der Waals surface area contributed by atoms with Gasteiger partial charge in [-0.2, -0.15) is 5.26 Å². The van der Waals surface area contributed by atoms with Gasteiger partial charge >= 0.3 is 0 Å². The summed E-state index contributed by atoms with van der Waals surface area (Å²) in [7, 11) is 1.81. The van der Waals surface area contributed by atoms with Crippen LogP contribution in [0.1, 0.15) is 37.7 Å². The predicted octanol–water partition coefficient (Wildman–Crippen LogP) is 1.72. The number of nitrogens with two attached hydrogens (primary N) is 1. The van der Waals surface area contributed by atoms with E-state index in [0.29, 0.717) is 17.5 Å². The fraction of sp³-hybridized carbons (Fsp3) is 0.667. The fourth-order valence-corrected chi connectivity index (χ4v) is 4.02. The molecule has 1 aromatic heterocycles. The molecule has 2 fully saturated rings. The van der Waals surface area contributed by atoms with E-state index >= 15 is 0 Å². The van der Waals surface area contributed by atoms with Crippen molar-refractivity contribution in [3.8, 4) is 6.07 Å². The van der Waals surface area contributed by atoms with Crippen molar-refractivity contribution < 1.29 is 4.74 Å². The molecule has 1 aliphatic heterocycles. The number of hydrogen-bond acceptors (Lipinski definition) is 6. The molecule has 2 aliphatic rings. The predicted molar refractivity (Wildman–Crippen MR) is 79.7 cm³/mol. The Morgan fingerprint density at radius 1 is 1.43 bits per heavy atom. The van der Waals surface area contributed by atoms with Crippen LogP contribution < -0.4 is 10.6 Å². The van der Waals surface area contributed by atoms with E-state index in [-0.39, 0.29) is 11.2 Å². The molecule has 6 nitrogen and oxygen atoms in total. The summed E-state index contributed by atoms with van der Waals surface area (Å²) in [6.07, 6.45) is 7.55. The third-order valence-corrected chi connectivity index (χ3v) is 4.98. The number of rotatable bonds is 2. The topological polar surface area (TPSA) is 88.1 Å². The monoisotopic (exact) mass is 287 g/mol. The minimum atomic E-state index is 0.194. The van der Waals surface area contributed by atoms with Crippen LogP contribution in [0.4, 0.5) is 11.6 Å². The molecule has 6 heteroatoms. The molecule has 1 aliphatic carbocycles. The molecule has 0 amide bonds. The summed E-state index contributed by atoms with van der Waals surface area (Å²) in [5.41, 5.74) is 6.40. The molecule has 0 aromatic carbocycles. The first kappa shape index (κ1) is 14.1. The Morgan fingerprint density at radius 3 is 3.00 bits per heavy atom. The molecular weight excluding hydrogens is 266 g/mol. The SMILES string of the molecule is CO[C@@H]1CCC[C@@]12CCCN(c1ncnc(N)c1C#N)C2. The largest absolute Gasteiger partial charge is 0.382 e. The van der Waals surface area contributed by atoms with E-state index in [0.717, 1.165) is 25.9 Å². The molecule has 1 aromatic rings. The van der Waals surface area contributed by atoms with Crippen molar-refractivity contribution in [3.63, 3.8) is 0 Å². The number of aromatic nitrogens is 2. The van der Waals surface area contributed by atoms with Gasteiger partial charge in [0.25, 0.3) is 0 Å². The lowest BCUT2D eigenvalue weighted by molar-refractivity contribution is 0.00215. The average molecular weight is 287 g/mol. The lowest BCUT2D eigenvalue weighted by atomic mass is 9.76. The summed E-state index contributed by atoms with van der Waals surface area (Å²) in [6.45, 7) is 1.79. The average Bonchev–Trinajstić information content (AvgIpc) is 2.89. The first-order valence-electron chi connectivity index (χ1n) is 7.48. The second-order valence-electron chi connectivity index (χ2n) is 6.07. The number of ether oxygens (including phenoxy) is 1. The van der Waals surface area contributed by atoms with Crippen molar-refractivity contribution in [2.24, 2.45) is 5.41 Å². The highest BCUT2D eigenvalue weighted by Gasteiger charge is 2.46. The van der Waals surface area contributed by atoms with Crippen molar-refractivity contribution in [1.29, 1.82) is 5.26 Å². The summed E-state index contributed by atoms with van der Waals surface area (Å²) in [5, 5.41) is 9.32. The Morgan fingerprint density at radius 2 is 2.24 bits per heavy atom. The number of methoxy groups -OCH3 is 1. The molecule has 0 bridgehead atoms. The van der Waals surface area contributed by atoms with Crippen LogP contribution in [0.25, 0.3) is 0 Å². The maximum absolute atomic E-state index is 9.32. The van der Waals surface area contributed by atoms with Crippen LogP contribution in [-0.4, -0.2) is 36.3 Å². The van der Waals surface area contributed by atoms with Crippen LogP contribution in [0.15, 0.2) is 6.33 Å². The smallest absolute Gasteiger partial charge is 0.152 e. The second-order valence-corrected chi connectivity index (χ2v) is 6.07. The van der Waals surface area contributed by atoms with Crippen LogP contribution in [-0.2, 0) is 4.74 Å². The van der Waals surface area contributed by atoms with Crippen molar-refractivity contribution in [1.82, 2.24) is 9.97 Å². The van der Waals surface area contributed by atoms with Gasteiger partial charge in [-0.25, -0.2) is 9.97 Å². The quantitative estimate of drug-likeness (QED) is 0.891. The van der Waals surface area contributed by atoms with E-state index in [2.05, 4.69) is 20.9 Å². The lowest BCUT2D eigenvalue weighted by Gasteiger charge is -2.44. The summed E-state index contributed by atoms with van der Waals surface area (Å²) >= 11 is 0. The molecule has 2 heterocycles. The molecule has 3 rings (SSSR count). The lowest BCUT2D eigenvalue weighted by Crippen LogP contribution is -2.48. The van der Waals surface area contributed by atoms with Gasteiger partial charge in [-0.15, -0.1) is 0 Å². The highest BCUT2D eigenvalue weighted by molar-refractivity contribution is 5.63. The number of nitrogens with zero attached hydrogens (tertiary/aromatic N) is 4. The molecule has 21 heavy (non-hydrogen) atoms. The number of hydrogen-bond donors (Lipinski definition) is 1. The van der Waals surface area contributed by atoms with Gasteiger partial charge in [0.2, 0.25) is 0 Å². The zero-order chi connectivity index (χ0) is 14.9. The van der Waals surface area contributed by atoms with Gasteiger partial charge in [0.05, 0.1) is 6.10 Å². The molecular formula is C15H21N5O. The number of nitriles is 1. The third kappa shape index (κ3) is 2.32. The van der Waals surface area contributed by atoms with E-state index in [4.69, 9.17) is 10.5 Å². The standard InChI is InChI=1S/C15H21N5O/c1-21-12-4-2-5-15(12)6-3-7-20(9-15)14-11(8-16)13(17)18-10-19-14/h10,12H,2-7,9H2,1H3,(H2,17,18,19)/t12-,15+/m1/s1. The van der Waals surface area contributed by atoms with Crippen molar-refractivity contribution >= 4 is 11.6 Å². The number of anilines is 2. The van der Waals surface area contributed by atoms with Crippen molar-refractivity contribution in [3.05, 3.63) is 11.9 Å². The van der Waals surface area contributed by atoms with E-state index in [1.54, 1.807) is 7.11 Å². The van der Waals surface area contributed by atoms with Gasteiger partial charge in [0, 0.05) is 25.6 Å². The van der Waals surface area contributed by atoms with E-state index in [1.165, 1.54) is 25.6 Å². The van der Waals surface area contributed by atoms with Crippen LogP contribution >= 0.6 is 0 Å². The molecule has 0 radical (unpaired) electrons. The van der Waals surface area contributed by atoms with Gasteiger partial charge in [-0.05, 0) is 25.7 Å². The van der Waals surface area contributed by atoms with Gasteiger partial charge in [-0.1, -0.05) is 6.42 Å². The first-order valence-corrected chi connectivity index (χ1v) is 7.48. The fourth-order valence-electron chi connectivity index (χ4n) is 4.02. The maximum atomic E-state index is 9.32. The molecule has 112 valence electrons. The minimum absolute atomic E-state index is 0.194. The molecule has 1 saturated carbocycles. The highest BCUT2D eigenvalue weighted by atomic mass is 16.5. The summed E-state index contributed by atoms with van der Waals surface area (Å²) in [4.78, 5) is 10.4. The van der Waals surface area contributed by atoms with Gasteiger partial charge in [0.15, 0.2) is 5.82 Å². The Balaban J connectivity index is 1.91. The third-order valence-electron chi connectivity index (χ3n) is 4.98. The Kier molecular flexibility index (Phi) is 3.68. The Bertz CT molecular complexity index is 570. The maximum Gasteiger partial charge on any atom is 0.152 e. The zero-order valence-electron chi connectivity index (χ0n) is 12.4. The summed E-state index contributed by atoms with van der Waals surface area (Å²) < 4.78 is 5.72. The van der Waals surface area contributed by atoms with Gasteiger partial charge in [0.1, 0.15) is 23.8 Å². The summed E-state index contributed by atoms with van der Waals surface area (Å²) in [6, 6.07) is 2.14. The zero-order valence-corrected chi connectivity index (χ0v) is 12.4. The van der Waals surface area contributed by atoms with Crippen molar-refractivity contribution in [2.75, 3.05) is 30.8 Å².